The Bertz CT molecular complexity index is 741. The summed E-state index contributed by atoms with van der Waals surface area (Å²) < 4.78 is 2.15. The molecule has 0 bridgehead atoms. The van der Waals surface area contributed by atoms with Crippen LogP contribution in [0.15, 0.2) is 48.8 Å². The van der Waals surface area contributed by atoms with Crippen LogP contribution in [-0.2, 0) is 6.42 Å². The molecule has 1 unspecified atom stereocenters. The van der Waals surface area contributed by atoms with Crippen LogP contribution in [0.2, 0.25) is 0 Å². The molecular formula is C17H19N3. The molecule has 3 heteroatoms. The molecule has 0 saturated heterocycles. The van der Waals surface area contributed by atoms with E-state index in [9.17, 15) is 0 Å². The van der Waals surface area contributed by atoms with Crippen LogP contribution >= 0.6 is 0 Å². The fourth-order valence-corrected chi connectivity index (χ4v) is 2.56. The van der Waals surface area contributed by atoms with E-state index in [1.54, 1.807) is 0 Å². The number of aromatic nitrogens is 2. The van der Waals surface area contributed by atoms with Crippen molar-refractivity contribution in [3.05, 3.63) is 59.9 Å². The van der Waals surface area contributed by atoms with Gasteiger partial charge in [0.15, 0.2) is 0 Å². The fourth-order valence-electron chi connectivity index (χ4n) is 2.56. The highest BCUT2D eigenvalue weighted by Gasteiger charge is 2.08. The maximum atomic E-state index is 5.90. The summed E-state index contributed by atoms with van der Waals surface area (Å²) in [6, 6.07) is 14.9. The Kier molecular flexibility index (Phi) is 3.28. The standard InChI is InChI=1S/C17H19N3/c1-12-7-8-14(9-13(2)18)10-17(12)20-11-19-15-5-3-4-6-16(15)20/h3-8,10-11,13H,9,18H2,1-2H3. The molecule has 0 amide bonds. The minimum absolute atomic E-state index is 0.171. The quantitative estimate of drug-likeness (QED) is 0.790. The average Bonchev–Trinajstić information content (AvgIpc) is 2.84. The number of nitrogens with two attached hydrogens (primary N) is 1. The third-order valence-electron chi connectivity index (χ3n) is 3.54. The third-order valence-corrected chi connectivity index (χ3v) is 3.54. The molecule has 3 nitrogen and oxygen atoms in total. The number of para-hydroxylation sites is 2. The smallest absolute Gasteiger partial charge is 0.100 e. The highest BCUT2D eigenvalue weighted by Crippen LogP contribution is 2.22. The van der Waals surface area contributed by atoms with Gasteiger partial charge in [-0.3, -0.25) is 4.57 Å². The average molecular weight is 265 g/mol. The third kappa shape index (κ3) is 2.32. The van der Waals surface area contributed by atoms with Gasteiger partial charge in [-0.1, -0.05) is 24.3 Å². The molecule has 20 heavy (non-hydrogen) atoms. The largest absolute Gasteiger partial charge is 0.328 e. The van der Waals surface area contributed by atoms with E-state index in [0.29, 0.717) is 0 Å². The Morgan fingerprint density at radius 1 is 1.20 bits per heavy atom. The zero-order chi connectivity index (χ0) is 14.1. The van der Waals surface area contributed by atoms with Gasteiger partial charge in [0.25, 0.3) is 0 Å². The summed E-state index contributed by atoms with van der Waals surface area (Å²) in [5.74, 6) is 0. The molecule has 0 aliphatic carbocycles. The molecule has 0 aliphatic heterocycles. The molecule has 1 aromatic heterocycles. The topological polar surface area (TPSA) is 43.8 Å². The molecule has 0 spiro atoms. The van der Waals surface area contributed by atoms with E-state index in [2.05, 4.69) is 40.7 Å². The summed E-state index contributed by atoms with van der Waals surface area (Å²) in [6.45, 7) is 4.16. The molecule has 1 atom stereocenters. The van der Waals surface area contributed by atoms with E-state index >= 15 is 0 Å². The van der Waals surface area contributed by atoms with Crippen LogP contribution in [0, 0.1) is 6.92 Å². The van der Waals surface area contributed by atoms with Crippen LogP contribution in [0.5, 0.6) is 0 Å². The number of nitrogens with zero attached hydrogens (tertiary/aromatic N) is 2. The van der Waals surface area contributed by atoms with E-state index in [-0.39, 0.29) is 6.04 Å². The second-order valence-corrected chi connectivity index (χ2v) is 5.41. The van der Waals surface area contributed by atoms with Gasteiger partial charge in [-0.25, -0.2) is 4.98 Å². The minimum atomic E-state index is 0.171. The lowest BCUT2D eigenvalue weighted by molar-refractivity contribution is 0.737. The zero-order valence-corrected chi connectivity index (χ0v) is 11.9. The first kappa shape index (κ1) is 12.9. The van der Waals surface area contributed by atoms with Gasteiger partial charge in [0.1, 0.15) is 6.33 Å². The number of hydrogen-bond acceptors (Lipinski definition) is 2. The van der Waals surface area contributed by atoms with Crippen molar-refractivity contribution in [2.75, 3.05) is 0 Å². The molecule has 0 aliphatic rings. The van der Waals surface area contributed by atoms with Crippen LogP contribution < -0.4 is 5.73 Å². The van der Waals surface area contributed by atoms with Crippen LogP contribution in [0.1, 0.15) is 18.1 Å². The van der Waals surface area contributed by atoms with Crippen molar-refractivity contribution >= 4 is 11.0 Å². The predicted octanol–water partition coefficient (Wildman–Crippen LogP) is 3.22. The van der Waals surface area contributed by atoms with Crippen molar-refractivity contribution in [2.45, 2.75) is 26.3 Å². The van der Waals surface area contributed by atoms with Crippen molar-refractivity contribution in [1.82, 2.24) is 9.55 Å². The Morgan fingerprint density at radius 3 is 2.80 bits per heavy atom. The monoisotopic (exact) mass is 265 g/mol. The first-order valence-electron chi connectivity index (χ1n) is 6.93. The molecule has 0 fully saturated rings. The van der Waals surface area contributed by atoms with Crippen LogP contribution in [0.4, 0.5) is 0 Å². The van der Waals surface area contributed by atoms with Gasteiger partial charge in [-0.15, -0.1) is 0 Å². The van der Waals surface area contributed by atoms with E-state index in [1.165, 1.54) is 16.8 Å². The van der Waals surface area contributed by atoms with Crippen LogP contribution in [-0.4, -0.2) is 15.6 Å². The van der Waals surface area contributed by atoms with Crippen molar-refractivity contribution in [3.8, 4) is 5.69 Å². The molecule has 0 saturated carbocycles. The predicted molar refractivity (Wildman–Crippen MR) is 83.2 cm³/mol. The van der Waals surface area contributed by atoms with E-state index in [1.807, 2.05) is 31.5 Å². The Morgan fingerprint density at radius 2 is 2.00 bits per heavy atom. The molecule has 3 aromatic rings. The fraction of sp³-hybridized carbons (Fsp3) is 0.235. The van der Waals surface area contributed by atoms with Crippen molar-refractivity contribution in [3.63, 3.8) is 0 Å². The van der Waals surface area contributed by atoms with Gasteiger partial charge in [0, 0.05) is 6.04 Å². The number of imidazole rings is 1. The number of aryl methyl sites for hydroxylation is 1. The van der Waals surface area contributed by atoms with Gasteiger partial charge in [-0.2, -0.15) is 0 Å². The molecule has 2 N–H and O–H groups in total. The Balaban J connectivity index is 2.13. The zero-order valence-electron chi connectivity index (χ0n) is 11.9. The van der Waals surface area contributed by atoms with E-state index < -0.39 is 0 Å². The van der Waals surface area contributed by atoms with Gasteiger partial charge < -0.3 is 5.73 Å². The molecular weight excluding hydrogens is 246 g/mol. The summed E-state index contributed by atoms with van der Waals surface area (Å²) in [5, 5.41) is 0. The Labute approximate surface area is 119 Å². The molecule has 1 heterocycles. The molecule has 0 radical (unpaired) electrons. The molecule has 102 valence electrons. The van der Waals surface area contributed by atoms with Crippen molar-refractivity contribution in [2.24, 2.45) is 5.73 Å². The summed E-state index contributed by atoms with van der Waals surface area (Å²) in [6.07, 6.45) is 2.78. The summed E-state index contributed by atoms with van der Waals surface area (Å²) in [7, 11) is 0. The maximum absolute atomic E-state index is 5.90. The van der Waals surface area contributed by atoms with Crippen LogP contribution in [0.3, 0.4) is 0 Å². The second kappa shape index (κ2) is 5.10. The summed E-state index contributed by atoms with van der Waals surface area (Å²) >= 11 is 0. The lowest BCUT2D eigenvalue weighted by Crippen LogP contribution is -2.17. The highest BCUT2D eigenvalue weighted by atomic mass is 15.0. The number of hydrogen-bond donors (Lipinski definition) is 1. The van der Waals surface area contributed by atoms with Gasteiger partial charge >= 0.3 is 0 Å². The van der Waals surface area contributed by atoms with Gasteiger partial charge in [0.05, 0.1) is 16.7 Å². The second-order valence-electron chi connectivity index (χ2n) is 5.41. The number of benzene rings is 2. The van der Waals surface area contributed by atoms with Crippen molar-refractivity contribution < 1.29 is 0 Å². The first-order chi connectivity index (χ1) is 9.65. The SMILES string of the molecule is Cc1ccc(CC(C)N)cc1-n1cnc2ccccc21. The van der Waals surface area contributed by atoms with Gasteiger partial charge in [-0.05, 0) is 49.6 Å². The van der Waals surface area contributed by atoms with Crippen molar-refractivity contribution in [1.29, 1.82) is 0 Å². The molecule has 2 aromatic carbocycles. The summed E-state index contributed by atoms with van der Waals surface area (Å²) in [4.78, 5) is 4.47. The van der Waals surface area contributed by atoms with Crippen LogP contribution in [0.25, 0.3) is 16.7 Å². The van der Waals surface area contributed by atoms with E-state index in [0.717, 1.165) is 17.5 Å². The normalized spacial score (nSPS) is 12.8. The first-order valence-corrected chi connectivity index (χ1v) is 6.93. The summed E-state index contributed by atoms with van der Waals surface area (Å²) in [5.41, 5.74) is 11.7. The maximum Gasteiger partial charge on any atom is 0.100 e. The van der Waals surface area contributed by atoms with E-state index in [4.69, 9.17) is 5.73 Å². The minimum Gasteiger partial charge on any atom is -0.328 e. The number of rotatable bonds is 3. The lowest BCUT2D eigenvalue weighted by Gasteiger charge is -2.12. The molecule has 3 rings (SSSR count). The lowest BCUT2D eigenvalue weighted by atomic mass is 10.0. The number of fused-ring (bicyclic) bond motifs is 1. The highest BCUT2D eigenvalue weighted by molar-refractivity contribution is 5.77. The van der Waals surface area contributed by atoms with Gasteiger partial charge in [0.2, 0.25) is 0 Å². The Hall–Kier alpha value is -2.13.